The van der Waals surface area contributed by atoms with Gasteiger partial charge in [0.15, 0.2) is 0 Å². The quantitative estimate of drug-likeness (QED) is 0.771. The van der Waals surface area contributed by atoms with Crippen LogP contribution >= 0.6 is 0 Å². The van der Waals surface area contributed by atoms with E-state index >= 15 is 0 Å². The molecule has 0 spiro atoms. The van der Waals surface area contributed by atoms with Crippen molar-refractivity contribution in [2.24, 2.45) is 0 Å². The van der Waals surface area contributed by atoms with Gasteiger partial charge in [0.1, 0.15) is 5.60 Å². The van der Waals surface area contributed by atoms with Gasteiger partial charge in [-0.25, -0.2) is 4.79 Å². The molecule has 120 valence electrons. The maximum absolute atomic E-state index is 12.0. The molecule has 1 aliphatic rings. The van der Waals surface area contributed by atoms with Crippen LogP contribution in [0.4, 0.5) is 16.2 Å². The van der Waals surface area contributed by atoms with Crippen LogP contribution in [0.5, 0.6) is 0 Å². The van der Waals surface area contributed by atoms with Gasteiger partial charge in [0, 0.05) is 16.9 Å². The average molecular weight is 302 g/mol. The zero-order valence-electron chi connectivity index (χ0n) is 14.5. The summed E-state index contributed by atoms with van der Waals surface area (Å²) in [5, 5.41) is 6.37. The van der Waals surface area contributed by atoms with Crippen molar-refractivity contribution in [1.29, 1.82) is 0 Å². The highest BCUT2D eigenvalue weighted by molar-refractivity contribution is 5.91. The van der Waals surface area contributed by atoms with Gasteiger partial charge in [0.2, 0.25) is 0 Å². The van der Waals surface area contributed by atoms with E-state index < -0.39 is 11.7 Å². The summed E-state index contributed by atoms with van der Waals surface area (Å²) < 4.78 is 5.32. The topological polar surface area (TPSA) is 50.4 Å². The lowest BCUT2D eigenvalue weighted by Crippen LogP contribution is -2.32. The predicted octanol–water partition coefficient (Wildman–Crippen LogP) is 4.95. The lowest BCUT2D eigenvalue weighted by molar-refractivity contribution is 0.0636. The van der Waals surface area contributed by atoms with Crippen molar-refractivity contribution in [3.8, 4) is 0 Å². The summed E-state index contributed by atoms with van der Waals surface area (Å²) in [7, 11) is 0. The molecule has 0 bridgehead atoms. The van der Waals surface area contributed by atoms with Crippen molar-refractivity contribution in [2.45, 2.75) is 59.6 Å². The number of carbonyl (C=O) groups is 1. The zero-order chi connectivity index (χ0) is 16.7. The van der Waals surface area contributed by atoms with Gasteiger partial charge in [-0.1, -0.05) is 12.1 Å². The van der Waals surface area contributed by atoms with Crippen LogP contribution in [0.15, 0.2) is 18.2 Å². The number of hydrogen-bond donors (Lipinski definition) is 2. The summed E-state index contributed by atoms with van der Waals surface area (Å²) in [6, 6.07) is 3.96. The Morgan fingerprint density at radius 3 is 2.45 bits per heavy atom. The molecule has 0 aromatic heterocycles. The maximum Gasteiger partial charge on any atom is 0.412 e. The number of nitrogens with one attached hydrogen (secondary N) is 2. The van der Waals surface area contributed by atoms with E-state index in [0.29, 0.717) is 0 Å². The van der Waals surface area contributed by atoms with Gasteiger partial charge in [0.05, 0.1) is 5.54 Å². The summed E-state index contributed by atoms with van der Waals surface area (Å²) in [6.45, 7) is 13.9. The Balaban J connectivity index is 2.31. The minimum atomic E-state index is -0.508. The molecular weight excluding hydrogens is 276 g/mol. The summed E-state index contributed by atoms with van der Waals surface area (Å²) in [5.74, 6) is 0. The lowest BCUT2D eigenvalue weighted by atomic mass is 9.89. The number of hydrogen-bond acceptors (Lipinski definition) is 3. The van der Waals surface area contributed by atoms with Gasteiger partial charge in [-0.2, -0.15) is 0 Å². The molecule has 4 heteroatoms. The molecule has 1 aromatic rings. The average Bonchev–Trinajstić information content (AvgIpc) is 2.30. The molecule has 2 N–H and O–H groups in total. The Hall–Kier alpha value is -1.97. The minimum absolute atomic E-state index is 0.105. The van der Waals surface area contributed by atoms with Crippen molar-refractivity contribution < 1.29 is 9.53 Å². The second-order valence-electron chi connectivity index (χ2n) is 7.46. The maximum atomic E-state index is 12.0. The van der Waals surface area contributed by atoms with Crippen LogP contribution < -0.4 is 10.6 Å². The third-order valence-electron chi connectivity index (χ3n) is 3.55. The molecule has 0 aliphatic carbocycles. The predicted molar refractivity (Wildman–Crippen MR) is 92.4 cm³/mol. The van der Waals surface area contributed by atoms with Gasteiger partial charge in [-0.15, -0.1) is 0 Å². The lowest BCUT2D eigenvalue weighted by Gasteiger charge is -2.33. The Morgan fingerprint density at radius 2 is 1.86 bits per heavy atom. The van der Waals surface area contributed by atoms with Crippen molar-refractivity contribution in [2.75, 3.05) is 10.6 Å². The Kier molecular flexibility index (Phi) is 3.98. The molecule has 22 heavy (non-hydrogen) atoms. The minimum Gasteiger partial charge on any atom is -0.444 e. The van der Waals surface area contributed by atoms with E-state index in [4.69, 9.17) is 4.74 Å². The second-order valence-corrected chi connectivity index (χ2v) is 7.46. The Morgan fingerprint density at radius 1 is 1.23 bits per heavy atom. The number of fused-ring (bicyclic) bond motifs is 1. The van der Waals surface area contributed by atoms with Crippen LogP contribution in [-0.2, 0) is 4.74 Å². The SMILES string of the molecule is CC1=CC(C)(C)Nc2c1ccc(NC(=O)OC(C)(C)C)c2C. The first-order valence-corrected chi connectivity index (χ1v) is 7.60. The molecule has 0 unspecified atom stereocenters. The monoisotopic (exact) mass is 302 g/mol. The first-order valence-electron chi connectivity index (χ1n) is 7.60. The van der Waals surface area contributed by atoms with Crippen LogP contribution in [0.25, 0.3) is 5.57 Å². The molecule has 2 rings (SSSR count). The molecule has 1 aromatic carbocycles. The number of benzene rings is 1. The molecule has 1 heterocycles. The summed E-state index contributed by atoms with van der Waals surface area (Å²) in [6.07, 6.45) is 1.79. The van der Waals surface area contributed by atoms with Gasteiger partial charge < -0.3 is 10.1 Å². The van der Waals surface area contributed by atoms with Crippen LogP contribution in [-0.4, -0.2) is 17.2 Å². The molecule has 1 amide bonds. The number of allylic oxidation sites excluding steroid dienone is 1. The van der Waals surface area contributed by atoms with E-state index in [0.717, 1.165) is 16.9 Å². The van der Waals surface area contributed by atoms with E-state index in [1.54, 1.807) is 0 Å². The molecule has 0 saturated carbocycles. The van der Waals surface area contributed by atoms with Crippen LogP contribution in [0.2, 0.25) is 0 Å². The highest BCUT2D eigenvalue weighted by Gasteiger charge is 2.25. The number of carbonyl (C=O) groups excluding carboxylic acids is 1. The van der Waals surface area contributed by atoms with Crippen LogP contribution in [0.3, 0.4) is 0 Å². The van der Waals surface area contributed by atoms with E-state index in [-0.39, 0.29) is 5.54 Å². The molecule has 0 radical (unpaired) electrons. The van der Waals surface area contributed by atoms with Gasteiger partial charge in [-0.3, -0.25) is 5.32 Å². The fraction of sp³-hybridized carbons (Fsp3) is 0.500. The molecule has 0 saturated heterocycles. The standard InChI is InChI=1S/C18H26N2O2/c1-11-10-18(6,7)20-15-12(2)14(9-8-13(11)15)19-16(21)22-17(3,4)5/h8-10,20H,1-7H3,(H,19,21). The van der Waals surface area contributed by atoms with Gasteiger partial charge in [0.25, 0.3) is 0 Å². The first kappa shape index (κ1) is 16.4. The second kappa shape index (κ2) is 5.34. The van der Waals surface area contributed by atoms with E-state index in [1.807, 2.05) is 39.8 Å². The smallest absolute Gasteiger partial charge is 0.412 e. The van der Waals surface area contributed by atoms with Crippen molar-refractivity contribution in [1.82, 2.24) is 0 Å². The molecule has 4 nitrogen and oxygen atoms in total. The van der Waals surface area contributed by atoms with Crippen molar-refractivity contribution in [3.05, 3.63) is 29.3 Å². The van der Waals surface area contributed by atoms with Crippen LogP contribution in [0, 0.1) is 6.92 Å². The van der Waals surface area contributed by atoms with Gasteiger partial charge in [-0.05, 0) is 65.7 Å². The highest BCUT2D eigenvalue weighted by atomic mass is 16.6. The molecular formula is C18H26N2O2. The fourth-order valence-corrected chi connectivity index (χ4v) is 2.73. The molecule has 0 atom stereocenters. The van der Waals surface area contributed by atoms with E-state index in [9.17, 15) is 4.79 Å². The Bertz CT molecular complexity index is 637. The number of rotatable bonds is 1. The zero-order valence-corrected chi connectivity index (χ0v) is 14.5. The largest absolute Gasteiger partial charge is 0.444 e. The van der Waals surface area contributed by atoms with E-state index in [1.165, 1.54) is 11.1 Å². The summed E-state index contributed by atoms with van der Waals surface area (Å²) >= 11 is 0. The highest BCUT2D eigenvalue weighted by Crippen LogP contribution is 2.38. The first-order chi connectivity index (χ1) is 9.98. The molecule has 1 aliphatic heterocycles. The summed E-state index contributed by atoms with van der Waals surface area (Å²) in [5.41, 5.74) is 4.66. The fourth-order valence-electron chi connectivity index (χ4n) is 2.73. The van der Waals surface area contributed by atoms with Gasteiger partial charge >= 0.3 is 6.09 Å². The number of ether oxygens (including phenoxy) is 1. The van der Waals surface area contributed by atoms with Crippen molar-refractivity contribution in [3.63, 3.8) is 0 Å². The normalized spacial score (nSPS) is 16.2. The Labute approximate surface area is 132 Å². The number of amides is 1. The third kappa shape index (κ3) is 3.62. The molecule has 0 fully saturated rings. The van der Waals surface area contributed by atoms with Crippen molar-refractivity contribution >= 4 is 23.0 Å². The third-order valence-corrected chi connectivity index (χ3v) is 3.55. The number of anilines is 2. The van der Waals surface area contributed by atoms with Crippen LogP contribution in [0.1, 0.15) is 52.7 Å². The van der Waals surface area contributed by atoms with E-state index in [2.05, 4.69) is 37.5 Å². The summed E-state index contributed by atoms with van der Waals surface area (Å²) in [4.78, 5) is 12.0.